The zero-order chi connectivity index (χ0) is 23.5. The minimum atomic E-state index is 0.677. The van der Waals surface area contributed by atoms with Gasteiger partial charge in [0.1, 0.15) is 0 Å². The SMILES string of the molecule is CC1=C(Cc2ccccc2-c2cc(-c3ccc(-c4ccc(C#N)cc4)cc3)c(C)cn2)C=CC1. The lowest BCUT2D eigenvalue weighted by Crippen LogP contribution is -1.96. The largest absolute Gasteiger partial charge is 0.256 e. The monoisotopic (exact) mass is 438 g/mol. The fourth-order valence-electron chi connectivity index (χ4n) is 4.55. The number of nitriles is 1. The lowest BCUT2D eigenvalue weighted by Gasteiger charge is -2.13. The Morgan fingerprint density at radius 3 is 2.18 bits per heavy atom. The van der Waals surface area contributed by atoms with Crippen molar-refractivity contribution in [1.29, 1.82) is 5.26 Å². The van der Waals surface area contributed by atoms with Crippen LogP contribution in [0.4, 0.5) is 0 Å². The number of benzene rings is 3. The number of pyridine rings is 1. The highest BCUT2D eigenvalue weighted by atomic mass is 14.7. The van der Waals surface area contributed by atoms with E-state index in [9.17, 15) is 0 Å². The summed E-state index contributed by atoms with van der Waals surface area (Å²) < 4.78 is 0. The van der Waals surface area contributed by atoms with Crippen LogP contribution in [-0.4, -0.2) is 4.98 Å². The highest BCUT2D eigenvalue weighted by molar-refractivity contribution is 5.76. The molecule has 0 spiro atoms. The van der Waals surface area contributed by atoms with Gasteiger partial charge >= 0.3 is 0 Å². The smallest absolute Gasteiger partial charge is 0.0991 e. The predicted molar refractivity (Wildman–Crippen MR) is 140 cm³/mol. The number of hydrogen-bond acceptors (Lipinski definition) is 2. The van der Waals surface area contributed by atoms with Crippen LogP contribution in [0.1, 0.15) is 30.0 Å². The molecule has 1 aromatic heterocycles. The van der Waals surface area contributed by atoms with Crippen LogP contribution < -0.4 is 0 Å². The van der Waals surface area contributed by atoms with Gasteiger partial charge in [-0.1, -0.05) is 78.4 Å². The molecule has 0 atom stereocenters. The average molecular weight is 439 g/mol. The molecule has 0 saturated heterocycles. The van der Waals surface area contributed by atoms with Crippen molar-refractivity contribution >= 4 is 0 Å². The average Bonchev–Trinajstić information content (AvgIpc) is 3.29. The molecule has 34 heavy (non-hydrogen) atoms. The standard InChI is InChI=1S/C32H26N2/c1-22-6-5-8-28(22)18-29-7-3-4-9-30(29)32-19-31(23(2)21-34-32)27-16-14-26(15-17-27)25-12-10-24(20-33)11-13-25/h3-5,7-17,19,21H,6,18H2,1-2H3. The summed E-state index contributed by atoms with van der Waals surface area (Å²) in [6.07, 6.45) is 8.48. The number of rotatable bonds is 5. The van der Waals surface area contributed by atoms with E-state index in [-0.39, 0.29) is 0 Å². The molecule has 0 aliphatic heterocycles. The van der Waals surface area contributed by atoms with Crippen LogP contribution in [0.25, 0.3) is 33.5 Å². The fraction of sp³-hybridized carbons (Fsp3) is 0.125. The molecule has 164 valence electrons. The van der Waals surface area contributed by atoms with Crippen LogP contribution in [-0.2, 0) is 6.42 Å². The third kappa shape index (κ3) is 4.34. The second-order valence-electron chi connectivity index (χ2n) is 8.90. The maximum atomic E-state index is 9.03. The minimum absolute atomic E-state index is 0.677. The molecule has 4 aromatic rings. The summed E-state index contributed by atoms with van der Waals surface area (Å²) in [7, 11) is 0. The first kappa shape index (κ1) is 21.6. The van der Waals surface area contributed by atoms with Crippen molar-refractivity contribution in [1.82, 2.24) is 4.98 Å². The summed E-state index contributed by atoms with van der Waals surface area (Å²) in [6, 6.07) is 29.3. The van der Waals surface area contributed by atoms with Crippen molar-refractivity contribution in [2.24, 2.45) is 0 Å². The van der Waals surface area contributed by atoms with Crippen molar-refractivity contribution in [3.63, 3.8) is 0 Å². The predicted octanol–water partition coefficient (Wildman–Crippen LogP) is 8.08. The normalized spacial score (nSPS) is 12.7. The van der Waals surface area contributed by atoms with Gasteiger partial charge in [-0.2, -0.15) is 5.26 Å². The maximum Gasteiger partial charge on any atom is 0.0991 e. The van der Waals surface area contributed by atoms with E-state index in [4.69, 9.17) is 10.2 Å². The summed E-state index contributed by atoms with van der Waals surface area (Å²) in [5.41, 5.74) is 12.8. The molecule has 5 rings (SSSR count). The Morgan fingerprint density at radius 2 is 1.50 bits per heavy atom. The molecule has 1 heterocycles. The van der Waals surface area contributed by atoms with Crippen LogP contribution >= 0.6 is 0 Å². The molecule has 0 amide bonds. The Hall–Kier alpha value is -4.22. The molecule has 0 saturated carbocycles. The molecular weight excluding hydrogens is 412 g/mol. The van der Waals surface area contributed by atoms with E-state index in [0.29, 0.717) is 5.56 Å². The summed E-state index contributed by atoms with van der Waals surface area (Å²) in [5.74, 6) is 0. The van der Waals surface area contributed by atoms with Crippen LogP contribution in [0.15, 0.2) is 108 Å². The van der Waals surface area contributed by atoms with Crippen molar-refractivity contribution in [2.45, 2.75) is 26.7 Å². The van der Waals surface area contributed by atoms with E-state index < -0.39 is 0 Å². The summed E-state index contributed by atoms with van der Waals surface area (Å²) >= 11 is 0. The van der Waals surface area contributed by atoms with Crippen molar-refractivity contribution in [2.75, 3.05) is 0 Å². The van der Waals surface area contributed by atoms with Gasteiger partial charge in [0.2, 0.25) is 0 Å². The zero-order valence-electron chi connectivity index (χ0n) is 19.5. The third-order valence-corrected chi connectivity index (χ3v) is 6.61. The first-order chi connectivity index (χ1) is 16.6. The number of allylic oxidation sites excluding steroid dienone is 4. The first-order valence-corrected chi connectivity index (χ1v) is 11.6. The second kappa shape index (κ2) is 9.33. The van der Waals surface area contributed by atoms with E-state index in [1.807, 2.05) is 30.5 Å². The highest BCUT2D eigenvalue weighted by Gasteiger charge is 2.13. The van der Waals surface area contributed by atoms with Gasteiger partial charge in [0, 0.05) is 11.8 Å². The Labute approximate surface area is 201 Å². The molecule has 1 aliphatic rings. The number of aryl methyl sites for hydroxylation is 1. The van der Waals surface area contributed by atoms with Gasteiger partial charge in [0.05, 0.1) is 17.3 Å². The van der Waals surface area contributed by atoms with E-state index in [0.717, 1.165) is 35.2 Å². The Kier molecular flexibility index (Phi) is 5.93. The van der Waals surface area contributed by atoms with E-state index in [1.54, 1.807) is 0 Å². The van der Waals surface area contributed by atoms with Gasteiger partial charge in [-0.3, -0.25) is 4.98 Å². The molecular formula is C32H26N2. The molecule has 0 radical (unpaired) electrons. The van der Waals surface area contributed by atoms with E-state index >= 15 is 0 Å². The molecule has 0 fully saturated rings. The van der Waals surface area contributed by atoms with Gasteiger partial charge in [0.25, 0.3) is 0 Å². The zero-order valence-corrected chi connectivity index (χ0v) is 19.5. The Balaban J connectivity index is 1.48. The summed E-state index contributed by atoms with van der Waals surface area (Å²) in [5, 5.41) is 9.03. The highest BCUT2D eigenvalue weighted by Crippen LogP contribution is 2.32. The molecule has 0 unspecified atom stereocenters. The van der Waals surface area contributed by atoms with Gasteiger partial charge in [0.15, 0.2) is 0 Å². The summed E-state index contributed by atoms with van der Waals surface area (Å²) in [4.78, 5) is 4.81. The van der Waals surface area contributed by atoms with Crippen molar-refractivity contribution < 1.29 is 0 Å². The molecule has 0 bridgehead atoms. The van der Waals surface area contributed by atoms with Gasteiger partial charge < -0.3 is 0 Å². The van der Waals surface area contributed by atoms with Gasteiger partial charge in [-0.15, -0.1) is 0 Å². The molecule has 3 aromatic carbocycles. The first-order valence-electron chi connectivity index (χ1n) is 11.6. The number of nitrogens with zero attached hydrogens (tertiary/aromatic N) is 2. The van der Waals surface area contributed by atoms with Crippen molar-refractivity contribution in [3.05, 3.63) is 125 Å². The van der Waals surface area contributed by atoms with Crippen LogP contribution in [0.2, 0.25) is 0 Å². The van der Waals surface area contributed by atoms with Gasteiger partial charge in [-0.05, 0) is 83.8 Å². The van der Waals surface area contributed by atoms with Crippen molar-refractivity contribution in [3.8, 4) is 39.6 Å². The lowest BCUT2D eigenvalue weighted by atomic mass is 9.93. The maximum absolute atomic E-state index is 9.03. The topological polar surface area (TPSA) is 36.7 Å². The van der Waals surface area contributed by atoms with Crippen LogP contribution in [0.3, 0.4) is 0 Å². The van der Waals surface area contributed by atoms with Gasteiger partial charge in [-0.25, -0.2) is 0 Å². The number of hydrogen-bond donors (Lipinski definition) is 0. The van der Waals surface area contributed by atoms with Crippen LogP contribution in [0, 0.1) is 18.3 Å². The minimum Gasteiger partial charge on any atom is -0.256 e. The molecule has 0 N–H and O–H groups in total. The Bertz CT molecular complexity index is 1450. The lowest BCUT2D eigenvalue weighted by molar-refractivity contribution is 1.13. The third-order valence-electron chi connectivity index (χ3n) is 6.61. The number of aromatic nitrogens is 1. The molecule has 2 nitrogen and oxygen atoms in total. The second-order valence-corrected chi connectivity index (χ2v) is 8.90. The van der Waals surface area contributed by atoms with Crippen LogP contribution in [0.5, 0.6) is 0 Å². The fourth-order valence-corrected chi connectivity index (χ4v) is 4.55. The Morgan fingerprint density at radius 1 is 0.824 bits per heavy atom. The molecule has 2 heteroatoms. The molecule has 1 aliphatic carbocycles. The quantitative estimate of drug-likeness (QED) is 0.316. The summed E-state index contributed by atoms with van der Waals surface area (Å²) in [6.45, 7) is 4.34. The van der Waals surface area contributed by atoms with E-state index in [2.05, 4.69) is 86.7 Å². The van der Waals surface area contributed by atoms with E-state index in [1.165, 1.54) is 33.4 Å².